The Bertz CT molecular complexity index is 729. The van der Waals surface area contributed by atoms with Gasteiger partial charge in [0.2, 0.25) is 0 Å². The molecule has 152 valence electrons. The van der Waals surface area contributed by atoms with Crippen molar-refractivity contribution in [1.29, 1.82) is 0 Å². The fraction of sp³-hybridized carbons (Fsp3) is 0.524. The summed E-state index contributed by atoms with van der Waals surface area (Å²) in [5.74, 6) is 1.78. The molecule has 0 aliphatic carbocycles. The number of carbonyl (C=O) groups excluding carboxylic acids is 1. The zero-order valence-corrected chi connectivity index (χ0v) is 17.5. The molecule has 1 aliphatic rings. The van der Waals surface area contributed by atoms with Gasteiger partial charge >= 0.3 is 0 Å². The summed E-state index contributed by atoms with van der Waals surface area (Å²) in [6, 6.07) is 11.7. The Kier molecular flexibility index (Phi) is 7.94. The van der Waals surface area contributed by atoms with Crippen molar-refractivity contribution >= 4 is 23.5 Å². The zero-order valence-electron chi connectivity index (χ0n) is 16.7. The molecule has 28 heavy (non-hydrogen) atoms. The lowest BCUT2D eigenvalue weighted by Crippen LogP contribution is -2.36. The van der Waals surface area contributed by atoms with Crippen molar-refractivity contribution in [2.24, 2.45) is 0 Å². The molecule has 1 unspecified atom stereocenters. The number of piperidine rings is 1. The average molecular weight is 403 g/mol. The smallest absolute Gasteiger partial charge is 0.259 e. The summed E-state index contributed by atoms with van der Waals surface area (Å²) >= 11 is 1.91. The Morgan fingerprint density at radius 2 is 2.04 bits per heavy atom. The predicted octanol–water partition coefficient (Wildman–Crippen LogP) is 3.60. The molecule has 1 saturated heterocycles. The Morgan fingerprint density at radius 3 is 2.71 bits per heavy atom. The summed E-state index contributed by atoms with van der Waals surface area (Å²) in [5, 5.41) is 7.50. The zero-order chi connectivity index (χ0) is 19.8. The number of rotatable bonds is 9. The Balaban J connectivity index is 1.59. The van der Waals surface area contributed by atoms with Crippen LogP contribution in [0, 0.1) is 0 Å². The molecule has 1 fully saturated rings. The number of hydrogen-bond acceptors (Lipinski definition) is 5. The van der Waals surface area contributed by atoms with E-state index in [-0.39, 0.29) is 5.91 Å². The molecular weight excluding hydrogens is 372 g/mol. The van der Waals surface area contributed by atoms with E-state index in [1.165, 1.54) is 18.7 Å². The van der Waals surface area contributed by atoms with Gasteiger partial charge in [-0.1, -0.05) is 30.3 Å². The minimum Gasteiger partial charge on any atom is -0.367 e. The number of benzene rings is 1. The molecule has 0 spiro atoms. The van der Waals surface area contributed by atoms with Crippen LogP contribution in [0.5, 0.6) is 0 Å². The third-order valence-electron chi connectivity index (χ3n) is 5.22. The number of carbonyl (C=O) groups is 1. The maximum absolute atomic E-state index is 12.8. The highest BCUT2D eigenvalue weighted by atomic mass is 32.2. The van der Waals surface area contributed by atoms with E-state index in [2.05, 4.69) is 21.6 Å². The molecule has 2 aromatic rings. The first-order chi connectivity index (χ1) is 13.7. The average Bonchev–Trinajstić information content (AvgIpc) is 3.18. The number of methoxy groups -OCH3 is 1. The normalized spacial score (nSPS) is 16.8. The van der Waals surface area contributed by atoms with Gasteiger partial charge in [0.1, 0.15) is 5.82 Å². The Hall–Kier alpha value is -1.83. The number of amides is 1. The summed E-state index contributed by atoms with van der Waals surface area (Å²) in [5.41, 5.74) is 0.840. The fourth-order valence-corrected chi connectivity index (χ4v) is 4.16. The maximum atomic E-state index is 12.8. The largest absolute Gasteiger partial charge is 0.367 e. The van der Waals surface area contributed by atoms with Crippen LogP contribution in [-0.4, -0.2) is 59.3 Å². The lowest BCUT2D eigenvalue weighted by atomic mass is 10.1. The standard InChI is InChI=1S/C21H30N4O2S/c1-27-20(17-7-4-3-5-8-17)21(26)23-19-9-12-22-25(19)18-10-14-24(15-11-18)13-6-16-28-2/h3-5,7-9,12,18,20H,6,10-11,13-16H2,1-2H3,(H,23,26). The van der Waals surface area contributed by atoms with E-state index in [9.17, 15) is 4.79 Å². The van der Waals surface area contributed by atoms with Crippen molar-refractivity contribution in [3.8, 4) is 0 Å². The molecule has 1 aromatic heterocycles. The van der Waals surface area contributed by atoms with Crippen molar-refractivity contribution in [3.05, 3.63) is 48.2 Å². The topological polar surface area (TPSA) is 59.4 Å². The number of nitrogens with zero attached hydrogens (tertiary/aromatic N) is 3. The van der Waals surface area contributed by atoms with Crippen LogP contribution in [-0.2, 0) is 9.53 Å². The first kappa shape index (κ1) is 20.9. The van der Waals surface area contributed by atoms with Crippen molar-refractivity contribution in [2.75, 3.05) is 44.1 Å². The first-order valence-corrected chi connectivity index (χ1v) is 11.3. The van der Waals surface area contributed by atoms with E-state index >= 15 is 0 Å². The monoisotopic (exact) mass is 402 g/mol. The molecule has 0 radical (unpaired) electrons. The van der Waals surface area contributed by atoms with E-state index in [0.29, 0.717) is 6.04 Å². The first-order valence-electron chi connectivity index (χ1n) is 9.86. The van der Waals surface area contributed by atoms with Gasteiger partial charge in [-0.2, -0.15) is 16.9 Å². The molecule has 3 rings (SSSR count). The van der Waals surface area contributed by atoms with E-state index in [1.807, 2.05) is 52.8 Å². The van der Waals surface area contributed by atoms with Crippen LogP contribution >= 0.6 is 11.8 Å². The van der Waals surface area contributed by atoms with Crippen molar-refractivity contribution in [3.63, 3.8) is 0 Å². The highest BCUT2D eigenvalue weighted by Crippen LogP contribution is 2.26. The molecule has 6 nitrogen and oxygen atoms in total. The van der Waals surface area contributed by atoms with Gasteiger partial charge in [-0.3, -0.25) is 4.79 Å². The number of ether oxygens (including phenoxy) is 1. The Labute approximate surface area is 171 Å². The molecule has 1 aliphatic heterocycles. The number of thioether (sulfide) groups is 1. The molecule has 0 bridgehead atoms. The second kappa shape index (κ2) is 10.6. The second-order valence-corrected chi connectivity index (χ2v) is 8.08. The van der Waals surface area contributed by atoms with Crippen LogP contribution in [0.2, 0.25) is 0 Å². The lowest BCUT2D eigenvalue weighted by molar-refractivity contribution is -0.126. The minimum absolute atomic E-state index is 0.176. The van der Waals surface area contributed by atoms with Crippen LogP contribution in [0.4, 0.5) is 5.82 Å². The van der Waals surface area contributed by atoms with Crippen LogP contribution < -0.4 is 5.32 Å². The second-order valence-electron chi connectivity index (χ2n) is 7.10. The van der Waals surface area contributed by atoms with Gasteiger partial charge in [0.05, 0.1) is 12.2 Å². The van der Waals surface area contributed by atoms with E-state index in [1.54, 1.807) is 13.3 Å². The van der Waals surface area contributed by atoms with Gasteiger partial charge < -0.3 is 15.0 Å². The highest BCUT2D eigenvalue weighted by molar-refractivity contribution is 7.98. The van der Waals surface area contributed by atoms with Crippen molar-refractivity contribution < 1.29 is 9.53 Å². The number of hydrogen-bond donors (Lipinski definition) is 1. The number of anilines is 1. The van der Waals surface area contributed by atoms with Crippen molar-refractivity contribution in [2.45, 2.75) is 31.4 Å². The van der Waals surface area contributed by atoms with E-state index in [0.717, 1.165) is 37.3 Å². The van der Waals surface area contributed by atoms with Gasteiger partial charge in [-0.15, -0.1) is 0 Å². The maximum Gasteiger partial charge on any atom is 0.259 e. The van der Waals surface area contributed by atoms with Gasteiger partial charge in [-0.25, -0.2) is 4.68 Å². The molecular formula is C21H30N4O2S. The van der Waals surface area contributed by atoms with Crippen LogP contribution in [0.1, 0.15) is 37.0 Å². The van der Waals surface area contributed by atoms with Crippen LogP contribution in [0.3, 0.4) is 0 Å². The SMILES string of the molecule is COC(C(=O)Nc1ccnn1C1CCN(CCCSC)CC1)c1ccccc1. The fourth-order valence-electron chi connectivity index (χ4n) is 3.74. The molecule has 1 amide bonds. The molecule has 2 heterocycles. The summed E-state index contributed by atoms with van der Waals surface area (Å²) in [6.45, 7) is 3.33. The summed E-state index contributed by atoms with van der Waals surface area (Å²) in [6.07, 6.45) is 6.62. The number of aromatic nitrogens is 2. The summed E-state index contributed by atoms with van der Waals surface area (Å²) < 4.78 is 7.41. The minimum atomic E-state index is -0.636. The van der Waals surface area contributed by atoms with Crippen molar-refractivity contribution in [1.82, 2.24) is 14.7 Å². The van der Waals surface area contributed by atoms with Gasteiger partial charge in [-0.05, 0) is 43.4 Å². The molecule has 1 aromatic carbocycles. The number of likely N-dealkylation sites (tertiary alicyclic amines) is 1. The highest BCUT2D eigenvalue weighted by Gasteiger charge is 2.25. The van der Waals surface area contributed by atoms with E-state index in [4.69, 9.17) is 4.74 Å². The molecule has 1 N–H and O–H groups in total. The summed E-state index contributed by atoms with van der Waals surface area (Å²) in [4.78, 5) is 15.3. The van der Waals surface area contributed by atoms with Gasteiger partial charge in [0.15, 0.2) is 6.10 Å². The summed E-state index contributed by atoms with van der Waals surface area (Å²) in [7, 11) is 1.56. The van der Waals surface area contributed by atoms with E-state index < -0.39 is 6.10 Å². The molecule has 7 heteroatoms. The van der Waals surface area contributed by atoms with Crippen LogP contribution in [0.25, 0.3) is 0 Å². The molecule has 0 saturated carbocycles. The Morgan fingerprint density at radius 1 is 1.29 bits per heavy atom. The molecule has 1 atom stereocenters. The van der Waals surface area contributed by atoms with Gasteiger partial charge in [0.25, 0.3) is 5.91 Å². The number of nitrogens with one attached hydrogen (secondary N) is 1. The quantitative estimate of drug-likeness (QED) is 0.650. The van der Waals surface area contributed by atoms with Crippen LogP contribution in [0.15, 0.2) is 42.6 Å². The third-order valence-corrected chi connectivity index (χ3v) is 5.92. The lowest BCUT2D eigenvalue weighted by Gasteiger charge is -2.32. The third kappa shape index (κ3) is 5.37. The van der Waals surface area contributed by atoms with Gasteiger partial charge in [0, 0.05) is 26.3 Å². The predicted molar refractivity (Wildman–Crippen MR) is 115 cm³/mol.